The van der Waals surface area contributed by atoms with Crippen LogP contribution < -0.4 is 10.6 Å². The van der Waals surface area contributed by atoms with E-state index in [9.17, 15) is 19.5 Å². The van der Waals surface area contributed by atoms with E-state index in [1.807, 2.05) is 37.3 Å². The average molecular weight is 366 g/mol. The number of carboxylic acid groups (broad SMARTS) is 1. The van der Waals surface area contributed by atoms with Gasteiger partial charge in [-0.1, -0.05) is 43.3 Å². The van der Waals surface area contributed by atoms with E-state index in [0.717, 1.165) is 12.0 Å². The first-order valence-electron chi connectivity index (χ1n) is 8.92. The largest absolute Gasteiger partial charge is 0.480 e. The molecular formula is C21H22N2O4. The van der Waals surface area contributed by atoms with Gasteiger partial charge in [0.05, 0.1) is 0 Å². The van der Waals surface area contributed by atoms with Crippen molar-refractivity contribution >= 4 is 23.5 Å². The fourth-order valence-electron chi connectivity index (χ4n) is 2.95. The topological polar surface area (TPSA) is 95.5 Å². The normalized spacial score (nSPS) is 19.0. The molecule has 1 aliphatic rings. The third kappa shape index (κ3) is 4.94. The molecule has 2 aromatic carbocycles. The zero-order valence-electron chi connectivity index (χ0n) is 15.0. The lowest BCUT2D eigenvalue weighted by atomic mass is 10.1. The number of nitrogens with one attached hydrogen (secondary N) is 2. The summed E-state index contributed by atoms with van der Waals surface area (Å²) in [6.07, 6.45) is 1.07. The number of anilines is 1. The van der Waals surface area contributed by atoms with Crippen molar-refractivity contribution < 1.29 is 19.5 Å². The van der Waals surface area contributed by atoms with Crippen LogP contribution in [0.15, 0.2) is 54.6 Å². The maximum absolute atomic E-state index is 12.5. The summed E-state index contributed by atoms with van der Waals surface area (Å²) < 4.78 is 0. The quantitative estimate of drug-likeness (QED) is 0.702. The third-order valence-electron chi connectivity index (χ3n) is 4.72. The minimum absolute atomic E-state index is 0.0322. The minimum Gasteiger partial charge on any atom is -0.480 e. The van der Waals surface area contributed by atoms with E-state index >= 15 is 0 Å². The van der Waals surface area contributed by atoms with E-state index in [-0.39, 0.29) is 18.2 Å². The van der Waals surface area contributed by atoms with Crippen LogP contribution in [0.3, 0.4) is 0 Å². The van der Waals surface area contributed by atoms with E-state index < -0.39 is 17.9 Å². The number of benzene rings is 2. The molecule has 140 valence electrons. The van der Waals surface area contributed by atoms with E-state index in [4.69, 9.17) is 0 Å². The van der Waals surface area contributed by atoms with Gasteiger partial charge in [-0.3, -0.25) is 9.59 Å². The molecule has 2 amide bonds. The van der Waals surface area contributed by atoms with Crippen molar-refractivity contribution in [2.45, 2.75) is 25.8 Å². The first-order valence-corrected chi connectivity index (χ1v) is 8.92. The van der Waals surface area contributed by atoms with E-state index in [0.29, 0.717) is 17.2 Å². The number of carbonyl (C=O) groups excluding carboxylic acids is 2. The second kappa shape index (κ2) is 8.03. The summed E-state index contributed by atoms with van der Waals surface area (Å²) in [6, 6.07) is 14.6. The van der Waals surface area contributed by atoms with Gasteiger partial charge < -0.3 is 15.7 Å². The molecular weight excluding hydrogens is 344 g/mol. The molecule has 1 aliphatic carbocycles. The van der Waals surface area contributed by atoms with Crippen molar-refractivity contribution in [3.63, 3.8) is 0 Å². The summed E-state index contributed by atoms with van der Waals surface area (Å²) in [7, 11) is 0. The van der Waals surface area contributed by atoms with Crippen LogP contribution in [0.1, 0.15) is 29.3 Å². The van der Waals surface area contributed by atoms with Gasteiger partial charge in [-0.2, -0.15) is 0 Å². The summed E-state index contributed by atoms with van der Waals surface area (Å²) in [5.74, 6) is -1.21. The van der Waals surface area contributed by atoms with Gasteiger partial charge in [0.15, 0.2) is 0 Å². The van der Waals surface area contributed by atoms with Crippen LogP contribution in [-0.4, -0.2) is 28.9 Å². The molecule has 2 aromatic rings. The average Bonchev–Trinajstić information content (AvgIpc) is 3.39. The van der Waals surface area contributed by atoms with Gasteiger partial charge in [-0.25, -0.2) is 4.79 Å². The standard InChI is InChI=1S/C21H22N2O4/c1-13-10-17(13)20(25)22-16-9-5-8-15(12-16)19(24)23-18(21(26)27)11-14-6-3-2-4-7-14/h2-9,12-13,17-18H,10-11H2,1H3,(H,22,25)(H,23,24)(H,26,27)/t13?,17?,18-/m0/s1. The second-order valence-corrected chi connectivity index (χ2v) is 6.94. The molecule has 27 heavy (non-hydrogen) atoms. The number of hydrogen-bond acceptors (Lipinski definition) is 3. The molecule has 0 radical (unpaired) electrons. The fourth-order valence-corrected chi connectivity index (χ4v) is 2.95. The maximum Gasteiger partial charge on any atom is 0.326 e. The summed E-state index contributed by atoms with van der Waals surface area (Å²) in [6.45, 7) is 2.02. The highest BCUT2D eigenvalue weighted by atomic mass is 16.4. The molecule has 6 heteroatoms. The number of amides is 2. The Morgan fingerprint density at radius 3 is 2.44 bits per heavy atom. The smallest absolute Gasteiger partial charge is 0.326 e. The van der Waals surface area contributed by atoms with Gasteiger partial charge in [0.1, 0.15) is 6.04 Å². The molecule has 0 spiro atoms. The Bertz CT molecular complexity index is 850. The third-order valence-corrected chi connectivity index (χ3v) is 4.72. The lowest BCUT2D eigenvalue weighted by molar-refractivity contribution is -0.139. The van der Waals surface area contributed by atoms with E-state index in [2.05, 4.69) is 10.6 Å². The van der Waals surface area contributed by atoms with Crippen LogP contribution in [0, 0.1) is 11.8 Å². The zero-order chi connectivity index (χ0) is 19.4. The number of carbonyl (C=O) groups is 3. The van der Waals surface area contributed by atoms with Crippen molar-refractivity contribution in [3.8, 4) is 0 Å². The summed E-state index contributed by atoms with van der Waals surface area (Å²) >= 11 is 0. The van der Waals surface area contributed by atoms with Crippen molar-refractivity contribution in [2.75, 3.05) is 5.32 Å². The second-order valence-electron chi connectivity index (χ2n) is 6.94. The number of hydrogen-bond donors (Lipinski definition) is 3. The van der Waals surface area contributed by atoms with E-state index in [1.54, 1.807) is 24.3 Å². The molecule has 3 rings (SSSR count). The summed E-state index contributed by atoms with van der Waals surface area (Å²) in [5.41, 5.74) is 1.66. The highest BCUT2D eigenvalue weighted by Crippen LogP contribution is 2.38. The highest BCUT2D eigenvalue weighted by Gasteiger charge is 2.39. The van der Waals surface area contributed by atoms with Crippen molar-refractivity contribution in [1.29, 1.82) is 0 Å². The molecule has 0 aliphatic heterocycles. The van der Waals surface area contributed by atoms with E-state index in [1.165, 1.54) is 0 Å². The molecule has 1 saturated carbocycles. The molecule has 0 bridgehead atoms. The van der Waals surface area contributed by atoms with Crippen LogP contribution in [0.5, 0.6) is 0 Å². The van der Waals surface area contributed by atoms with Gasteiger partial charge in [-0.05, 0) is 36.1 Å². The number of aliphatic carboxylic acids is 1. The van der Waals surface area contributed by atoms with Crippen LogP contribution in [0.25, 0.3) is 0 Å². The maximum atomic E-state index is 12.5. The van der Waals surface area contributed by atoms with Crippen LogP contribution in [0.4, 0.5) is 5.69 Å². The minimum atomic E-state index is -1.10. The predicted molar refractivity (Wildman–Crippen MR) is 101 cm³/mol. The van der Waals surface area contributed by atoms with Gasteiger partial charge in [0, 0.05) is 23.6 Å². The Labute approximate surface area is 157 Å². The van der Waals surface area contributed by atoms with Gasteiger partial charge >= 0.3 is 5.97 Å². The Hall–Kier alpha value is -3.15. The molecule has 0 saturated heterocycles. The van der Waals surface area contributed by atoms with Crippen LogP contribution >= 0.6 is 0 Å². The molecule has 6 nitrogen and oxygen atoms in total. The van der Waals surface area contributed by atoms with Gasteiger partial charge in [-0.15, -0.1) is 0 Å². The predicted octanol–water partition coefficient (Wildman–Crippen LogP) is 2.71. The van der Waals surface area contributed by atoms with Gasteiger partial charge in [0.25, 0.3) is 5.91 Å². The monoisotopic (exact) mass is 366 g/mol. The summed E-state index contributed by atoms with van der Waals surface area (Å²) in [4.78, 5) is 36.1. The lowest BCUT2D eigenvalue weighted by Gasteiger charge is -2.15. The summed E-state index contributed by atoms with van der Waals surface area (Å²) in [5, 5.41) is 14.8. The molecule has 0 heterocycles. The molecule has 0 aromatic heterocycles. The molecule has 1 fully saturated rings. The van der Waals surface area contributed by atoms with Gasteiger partial charge in [0.2, 0.25) is 5.91 Å². The fraction of sp³-hybridized carbons (Fsp3) is 0.286. The lowest BCUT2D eigenvalue weighted by Crippen LogP contribution is -2.42. The van der Waals surface area contributed by atoms with Crippen molar-refractivity contribution in [2.24, 2.45) is 11.8 Å². The number of carboxylic acids is 1. The first kappa shape index (κ1) is 18.6. The Morgan fingerprint density at radius 1 is 1.11 bits per heavy atom. The first-order chi connectivity index (χ1) is 12.9. The van der Waals surface area contributed by atoms with Crippen LogP contribution in [0.2, 0.25) is 0 Å². The molecule has 3 atom stereocenters. The van der Waals surface area contributed by atoms with Crippen molar-refractivity contribution in [3.05, 3.63) is 65.7 Å². The Kier molecular flexibility index (Phi) is 5.54. The Morgan fingerprint density at radius 2 is 1.81 bits per heavy atom. The SMILES string of the molecule is CC1CC1C(=O)Nc1cccc(C(=O)N[C@@H](Cc2ccccc2)C(=O)O)c1. The number of rotatable bonds is 7. The Balaban J connectivity index is 1.66. The highest BCUT2D eigenvalue weighted by molar-refractivity contribution is 5.99. The zero-order valence-corrected chi connectivity index (χ0v) is 15.0. The van der Waals surface area contributed by atoms with Crippen LogP contribution in [-0.2, 0) is 16.0 Å². The molecule has 2 unspecified atom stereocenters. The molecule has 3 N–H and O–H groups in total. The van der Waals surface area contributed by atoms with Crippen molar-refractivity contribution in [1.82, 2.24) is 5.32 Å².